The van der Waals surface area contributed by atoms with Crippen molar-refractivity contribution >= 4 is 43.6 Å². The fraction of sp³-hybridized carbons (Fsp3) is 0.259. The summed E-state index contributed by atoms with van der Waals surface area (Å²) in [5.74, 6) is -3.05. The van der Waals surface area contributed by atoms with Crippen molar-refractivity contribution in [3.8, 4) is 5.75 Å². The summed E-state index contributed by atoms with van der Waals surface area (Å²) in [6.07, 6.45) is -2.98. The highest BCUT2D eigenvalue weighted by Crippen LogP contribution is 2.34. The molecule has 9 nitrogen and oxygen atoms in total. The van der Waals surface area contributed by atoms with Crippen molar-refractivity contribution in [2.24, 2.45) is 0 Å². The van der Waals surface area contributed by atoms with Gasteiger partial charge in [-0.15, -0.1) is 0 Å². The average molecular weight is 596 g/mol. The maximum atomic E-state index is 14.2. The predicted octanol–water partition coefficient (Wildman–Crippen LogP) is 4.25. The van der Waals surface area contributed by atoms with Crippen molar-refractivity contribution < 1.29 is 45.4 Å². The molecule has 14 heteroatoms. The van der Waals surface area contributed by atoms with Gasteiger partial charge in [0.2, 0.25) is 0 Å². The number of carboxylic acid groups (broad SMARTS) is 1. The number of nitrogens with zero attached hydrogens (tertiary/aromatic N) is 2. The van der Waals surface area contributed by atoms with E-state index in [4.69, 9.17) is 14.6 Å². The number of amides is 1. The van der Waals surface area contributed by atoms with Gasteiger partial charge in [0.05, 0.1) is 23.1 Å². The van der Waals surface area contributed by atoms with Crippen LogP contribution in [0.15, 0.2) is 65.7 Å². The van der Waals surface area contributed by atoms with Crippen LogP contribution in [0.25, 0.3) is 21.7 Å². The van der Waals surface area contributed by atoms with E-state index in [1.807, 2.05) is 6.07 Å². The van der Waals surface area contributed by atoms with Crippen molar-refractivity contribution in [3.63, 3.8) is 0 Å². The maximum Gasteiger partial charge on any atom is 0.490 e. The van der Waals surface area contributed by atoms with Crippen LogP contribution in [0.4, 0.5) is 17.6 Å². The maximum absolute atomic E-state index is 14.2. The van der Waals surface area contributed by atoms with Gasteiger partial charge >= 0.3 is 12.1 Å². The van der Waals surface area contributed by atoms with Crippen LogP contribution in [0, 0.1) is 5.82 Å². The number of alkyl halides is 3. The zero-order chi connectivity index (χ0) is 29.9. The number of rotatable bonds is 4. The van der Waals surface area contributed by atoms with Crippen LogP contribution in [0.1, 0.15) is 16.8 Å². The molecule has 0 radical (unpaired) electrons. The monoisotopic (exact) mass is 595 g/mol. The van der Waals surface area contributed by atoms with Crippen LogP contribution in [-0.4, -0.2) is 73.7 Å². The highest BCUT2D eigenvalue weighted by Gasteiger charge is 2.38. The van der Waals surface area contributed by atoms with Gasteiger partial charge in [-0.05, 0) is 43.3 Å². The Hall–Kier alpha value is -4.17. The number of aliphatic carboxylic acids is 1. The van der Waals surface area contributed by atoms with Crippen LogP contribution in [0.5, 0.6) is 5.75 Å². The van der Waals surface area contributed by atoms with Gasteiger partial charge in [-0.1, -0.05) is 24.3 Å². The first kappa shape index (κ1) is 29.8. The second-order valence-corrected chi connectivity index (χ2v) is 10.8. The number of hydrogen-bond acceptors (Lipinski definition) is 6. The molecule has 0 spiro atoms. The van der Waals surface area contributed by atoms with Crippen LogP contribution in [0.2, 0.25) is 0 Å². The molecule has 0 unspecified atom stereocenters. The van der Waals surface area contributed by atoms with Crippen LogP contribution >= 0.6 is 0 Å². The highest BCUT2D eigenvalue weighted by molar-refractivity contribution is 7.90. The number of aromatic nitrogens is 1. The summed E-state index contributed by atoms with van der Waals surface area (Å²) in [5.41, 5.74) is 0.412. The molecule has 0 atom stereocenters. The smallest absolute Gasteiger partial charge is 0.490 e. The number of benzene rings is 3. The van der Waals surface area contributed by atoms with Gasteiger partial charge in [-0.2, -0.15) is 13.2 Å². The Morgan fingerprint density at radius 2 is 1.66 bits per heavy atom. The summed E-state index contributed by atoms with van der Waals surface area (Å²) < 4.78 is 80.2. The molecular formula is C27H25F4N3O6S. The lowest BCUT2D eigenvalue weighted by Crippen LogP contribution is -2.34. The molecule has 2 N–H and O–H groups in total. The van der Waals surface area contributed by atoms with Gasteiger partial charge in [0.15, 0.2) is 0 Å². The van der Waals surface area contributed by atoms with E-state index in [0.717, 1.165) is 16.9 Å². The summed E-state index contributed by atoms with van der Waals surface area (Å²) >= 11 is 0. The van der Waals surface area contributed by atoms with Crippen LogP contribution < -0.4 is 10.1 Å². The first-order chi connectivity index (χ1) is 19.4. The third-order valence-corrected chi connectivity index (χ3v) is 8.17. The summed E-state index contributed by atoms with van der Waals surface area (Å²) in [6.45, 7) is 2.49. The van der Waals surface area contributed by atoms with Crippen molar-refractivity contribution in [1.82, 2.24) is 14.2 Å². The quantitative estimate of drug-likeness (QED) is 0.339. The average Bonchev–Trinajstić information content (AvgIpc) is 3.10. The van der Waals surface area contributed by atoms with Crippen molar-refractivity contribution in [2.45, 2.75) is 17.5 Å². The van der Waals surface area contributed by atoms with Gasteiger partial charge in [0.25, 0.3) is 15.9 Å². The molecule has 0 aliphatic carbocycles. The molecule has 1 aliphatic heterocycles. The molecule has 0 bridgehead atoms. The first-order valence-electron chi connectivity index (χ1n) is 12.3. The fourth-order valence-electron chi connectivity index (χ4n) is 4.51. The number of carboxylic acids is 1. The third-order valence-electron chi connectivity index (χ3n) is 6.43. The van der Waals surface area contributed by atoms with E-state index < -0.39 is 28.0 Å². The highest BCUT2D eigenvalue weighted by atomic mass is 32.2. The molecule has 1 aliphatic rings. The summed E-state index contributed by atoms with van der Waals surface area (Å²) in [5, 5.41) is 11.8. The third kappa shape index (κ3) is 6.12. The Morgan fingerprint density at radius 1 is 0.976 bits per heavy atom. The second-order valence-electron chi connectivity index (χ2n) is 9.02. The minimum atomic E-state index is -5.08. The Morgan fingerprint density at radius 3 is 2.32 bits per heavy atom. The van der Waals surface area contributed by atoms with E-state index >= 15 is 0 Å². The zero-order valence-corrected chi connectivity index (χ0v) is 22.4. The van der Waals surface area contributed by atoms with Crippen molar-refractivity contribution in [2.75, 3.05) is 33.3 Å². The van der Waals surface area contributed by atoms with Gasteiger partial charge in [0, 0.05) is 42.0 Å². The number of fused-ring (bicyclic) bond motifs is 2. The molecule has 218 valence electrons. The van der Waals surface area contributed by atoms with Crippen LogP contribution in [0.3, 0.4) is 0 Å². The lowest BCUT2D eigenvalue weighted by molar-refractivity contribution is -0.192. The largest absolute Gasteiger partial charge is 0.496 e. The normalized spacial score (nSPS) is 14.3. The lowest BCUT2D eigenvalue weighted by atomic mass is 10.1. The minimum absolute atomic E-state index is 0.0723. The zero-order valence-electron chi connectivity index (χ0n) is 21.6. The number of halogens is 4. The molecule has 1 saturated heterocycles. The molecule has 4 aromatic rings. The van der Waals surface area contributed by atoms with Gasteiger partial charge in [0.1, 0.15) is 11.6 Å². The first-order valence-corrected chi connectivity index (χ1v) is 13.7. The van der Waals surface area contributed by atoms with Crippen molar-refractivity contribution in [1.29, 1.82) is 0 Å². The molecule has 2 heterocycles. The molecular weight excluding hydrogens is 570 g/mol. The van der Waals surface area contributed by atoms with Crippen LogP contribution in [-0.2, 0) is 14.8 Å². The second kappa shape index (κ2) is 11.7. The van der Waals surface area contributed by atoms with Gasteiger partial charge < -0.3 is 20.1 Å². The van der Waals surface area contributed by atoms with E-state index in [-0.39, 0.29) is 27.3 Å². The fourth-order valence-corrected chi connectivity index (χ4v) is 6.08. The van der Waals surface area contributed by atoms with E-state index in [2.05, 4.69) is 5.32 Å². The molecule has 1 fully saturated rings. The summed E-state index contributed by atoms with van der Waals surface area (Å²) in [6, 6.07) is 14.0. The van der Waals surface area contributed by atoms with E-state index in [1.54, 1.807) is 29.2 Å². The Balaban J connectivity index is 0.000000493. The van der Waals surface area contributed by atoms with E-state index in [1.165, 1.54) is 37.6 Å². The Labute approximate surface area is 232 Å². The lowest BCUT2D eigenvalue weighted by Gasteiger charge is -2.19. The van der Waals surface area contributed by atoms with E-state index in [9.17, 15) is 30.8 Å². The molecule has 41 heavy (non-hydrogen) atoms. The van der Waals surface area contributed by atoms with Gasteiger partial charge in [-0.3, -0.25) is 4.79 Å². The van der Waals surface area contributed by atoms with E-state index in [0.29, 0.717) is 36.2 Å². The molecule has 3 aromatic carbocycles. The predicted molar refractivity (Wildman–Crippen MR) is 142 cm³/mol. The molecule has 1 amide bonds. The van der Waals surface area contributed by atoms with Gasteiger partial charge in [-0.25, -0.2) is 21.6 Å². The standard InChI is InChI=1S/C25H24FN3O4S.C2HF3O2/c1-33-23-9-10-24(19-6-3-2-5-18(19)23)34(31,32)29-16-21(20-15-17(26)7-8-22(20)29)25(30)28-13-4-11-27-12-14-28;3-2(4,5)1(6)7/h2-3,5-10,15-16,27H,4,11-14H2,1H3;(H,6,7). The number of nitrogens with one attached hydrogen (secondary N) is 1. The summed E-state index contributed by atoms with van der Waals surface area (Å²) in [4.78, 5) is 24.0. The number of carbonyl (C=O) groups excluding carboxylic acids is 1. The SMILES string of the molecule is COc1ccc(S(=O)(=O)n2cc(C(=O)N3CCCNCC3)c3cc(F)ccc32)c2ccccc12.O=C(O)C(F)(F)F. The minimum Gasteiger partial charge on any atom is -0.496 e. The Bertz CT molecular complexity index is 1710. The topological polar surface area (TPSA) is 118 Å². The molecule has 1 aromatic heterocycles. The number of hydrogen-bond donors (Lipinski definition) is 2. The summed E-state index contributed by atoms with van der Waals surface area (Å²) in [7, 11) is -2.60. The molecule has 0 saturated carbocycles. The molecule has 5 rings (SSSR count). The Kier molecular flexibility index (Phi) is 8.54. The van der Waals surface area contributed by atoms with Crippen molar-refractivity contribution in [3.05, 3.63) is 72.2 Å². The number of ether oxygens (including phenoxy) is 1. The number of carbonyl (C=O) groups is 2. The number of methoxy groups -OCH3 is 1.